The smallest absolute Gasteiger partial charge is 0.408 e. The number of piperidine rings is 1. The zero-order valence-electron chi connectivity index (χ0n) is 12.0. The molecule has 4 nitrogen and oxygen atoms in total. The maximum atomic E-state index is 11.9. The molecule has 20 heavy (non-hydrogen) atoms. The molecular weight excluding hydrogens is 252 g/mol. The molecule has 1 aromatic carbocycles. The summed E-state index contributed by atoms with van der Waals surface area (Å²) < 4.78 is 7.01. The molecule has 108 valence electrons. The Morgan fingerprint density at radius 3 is 2.70 bits per heavy atom. The van der Waals surface area contributed by atoms with Gasteiger partial charge in [0.1, 0.15) is 0 Å². The highest BCUT2D eigenvalue weighted by Crippen LogP contribution is 2.20. The van der Waals surface area contributed by atoms with Gasteiger partial charge in [-0.2, -0.15) is 0 Å². The topological polar surface area (TPSA) is 38.4 Å². The van der Waals surface area contributed by atoms with E-state index in [4.69, 9.17) is 4.42 Å². The predicted octanol–water partition coefficient (Wildman–Crippen LogP) is 2.72. The molecule has 0 N–H and O–H groups in total. The molecular formula is C16H22N2O2. The van der Waals surface area contributed by atoms with Crippen molar-refractivity contribution in [3.05, 3.63) is 34.8 Å². The van der Waals surface area contributed by atoms with Crippen LogP contribution in [-0.2, 0) is 6.54 Å². The molecule has 0 radical (unpaired) electrons. The first-order valence-corrected chi connectivity index (χ1v) is 7.58. The molecule has 0 atom stereocenters. The van der Waals surface area contributed by atoms with E-state index in [9.17, 15) is 4.79 Å². The summed E-state index contributed by atoms with van der Waals surface area (Å²) in [5.74, 6) is 0.651. The van der Waals surface area contributed by atoms with Crippen LogP contribution in [0.25, 0.3) is 11.1 Å². The van der Waals surface area contributed by atoms with Crippen LogP contribution in [0.3, 0.4) is 0 Å². The molecule has 1 aliphatic rings. The van der Waals surface area contributed by atoms with Crippen LogP contribution in [0.5, 0.6) is 0 Å². The Bertz CT molecular complexity index is 621. The molecule has 2 heterocycles. The number of hydrogen-bond acceptors (Lipinski definition) is 3. The van der Waals surface area contributed by atoms with Gasteiger partial charge in [-0.15, -0.1) is 0 Å². The second-order valence-corrected chi connectivity index (χ2v) is 5.68. The third kappa shape index (κ3) is 2.66. The first-order chi connectivity index (χ1) is 9.78. The van der Waals surface area contributed by atoms with Gasteiger partial charge in [-0.25, -0.2) is 4.79 Å². The molecule has 1 aromatic heterocycles. The van der Waals surface area contributed by atoms with E-state index in [-0.39, 0.29) is 5.76 Å². The molecule has 0 spiro atoms. The Morgan fingerprint density at radius 1 is 1.20 bits per heavy atom. The van der Waals surface area contributed by atoms with Gasteiger partial charge in [-0.3, -0.25) is 4.57 Å². The van der Waals surface area contributed by atoms with Crippen LogP contribution in [0.15, 0.2) is 33.5 Å². The SMILES string of the molecule is CCC1CCN(CCn2c(=O)oc3ccccc32)CC1. The fraction of sp³-hybridized carbons (Fsp3) is 0.562. The number of rotatable bonds is 4. The quantitative estimate of drug-likeness (QED) is 0.860. The van der Waals surface area contributed by atoms with E-state index in [0.717, 1.165) is 31.1 Å². The summed E-state index contributed by atoms with van der Waals surface area (Å²) in [6.45, 7) is 6.23. The average molecular weight is 274 g/mol. The number of para-hydroxylation sites is 2. The molecule has 0 aliphatic carbocycles. The van der Waals surface area contributed by atoms with Crippen molar-refractivity contribution < 1.29 is 4.42 Å². The summed E-state index contributed by atoms with van der Waals surface area (Å²) in [5, 5.41) is 0. The molecule has 1 fully saturated rings. The highest BCUT2D eigenvalue weighted by molar-refractivity contribution is 5.72. The summed E-state index contributed by atoms with van der Waals surface area (Å²) in [5.41, 5.74) is 1.59. The van der Waals surface area contributed by atoms with Crippen molar-refractivity contribution in [3.63, 3.8) is 0 Å². The Labute approximate surface area is 119 Å². The first-order valence-electron chi connectivity index (χ1n) is 7.58. The molecule has 0 unspecified atom stereocenters. The fourth-order valence-corrected chi connectivity index (χ4v) is 3.09. The summed E-state index contributed by atoms with van der Waals surface area (Å²) in [6.07, 6.45) is 3.87. The minimum atomic E-state index is -0.241. The highest BCUT2D eigenvalue weighted by Gasteiger charge is 2.18. The van der Waals surface area contributed by atoms with Crippen LogP contribution >= 0.6 is 0 Å². The van der Waals surface area contributed by atoms with Crippen LogP contribution in [0.1, 0.15) is 26.2 Å². The Hall–Kier alpha value is -1.55. The first kappa shape index (κ1) is 13.4. The van der Waals surface area contributed by atoms with Gasteiger partial charge in [0.15, 0.2) is 5.58 Å². The van der Waals surface area contributed by atoms with Crippen molar-refractivity contribution in [1.29, 1.82) is 0 Å². The van der Waals surface area contributed by atoms with Gasteiger partial charge in [0.05, 0.1) is 5.52 Å². The van der Waals surface area contributed by atoms with Gasteiger partial charge in [-0.1, -0.05) is 25.5 Å². The monoisotopic (exact) mass is 274 g/mol. The van der Waals surface area contributed by atoms with Gasteiger partial charge in [0.25, 0.3) is 0 Å². The largest absolute Gasteiger partial charge is 0.419 e. The van der Waals surface area contributed by atoms with Gasteiger partial charge in [-0.05, 0) is 44.0 Å². The summed E-state index contributed by atoms with van der Waals surface area (Å²) in [6, 6.07) is 7.63. The van der Waals surface area contributed by atoms with Crippen molar-refractivity contribution in [2.75, 3.05) is 19.6 Å². The van der Waals surface area contributed by atoms with Crippen molar-refractivity contribution in [2.24, 2.45) is 5.92 Å². The summed E-state index contributed by atoms with van der Waals surface area (Å²) in [7, 11) is 0. The van der Waals surface area contributed by atoms with E-state index >= 15 is 0 Å². The molecule has 0 amide bonds. The van der Waals surface area contributed by atoms with Gasteiger partial charge in [0.2, 0.25) is 0 Å². The molecule has 0 saturated carbocycles. The lowest BCUT2D eigenvalue weighted by Crippen LogP contribution is -2.36. The normalized spacial score (nSPS) is 17.9. The molecule has 1 aliphatic heterocycles. The van der Waals surface area contributed by atoms with Crippen LogP contribution in [0, 0.1) is 5.92 Å². The second-order valence-electron chi connectivity index (χ2n) is 5.68. The molecule has 0 bridgehead atoms. The highest BCUT2D eigenvalue weighted by atomic mass is 16.4. The van der Waals surface area contributed by atoms with E-state index in [0.29, 0.717) is 12.1 Å². The zero-order valence-corrected chi connectivity index (χ0v) is 12.0. The lowest BCUT2D eigenvalue weighted by molar-refractivity contribution is 0.176. The number of nitrogens with zero attached hydrogens (tertiary/aromatic N) is 2. The van der Waals surface area contributed by atoms with Gasteiger partial charge < -0.3 is 9.32 Å². The van der Waals surface area contributed by atoms with Crippen LogP contribution in [-0.4, -0.2) is 29.1 Å². The number of aromatic nitrogens is 1. The Balaban J connectivity index is 1.66. The van der Waals surface area contributed by atoms with Gasteiger partial charge >= 0.3 is 5.76 Å². The Morgan fingerprint density at radius 2 is 1.95 bits per heavy atom. The molecule has 1 saturated heterocycles. The lowest BCUT2D eigenvalue weighted by atomic mass is 9.94. The van der Waals surface area contributed by atoms with E-state index in [1.807, 2.05) is 24.3 Å². The predicted molar refractivity (Wildman–Crippen MR) is 79.9 cm³/mol. The molecule has 4 heteroatoms. The average Bonchev–Trinajstić information content (AvgIpc) is 2.81. The van der Waals surface area contributed by atoms with E-state index in [2.05, 4.69) is 11.8 Å². The van der Waals surface area contributed by atoms with E-state index in [1.54, 1.807) is 4.57 Å². The minimum Gasteiger partial charge on any atom is -0.408 e. The van der Waals surface area contributed by atoms with E-state index in [1.165, 1.54) is 19.3 Å². The van der Waals surface area contributed by atoms with Crippen molar-refractivity contribution in [3.8, 4) is 0 Å². The van der Waals surface area contributed by atoms with Gasteiger partial charge in [0, 0.05) is 13.1 Å². The summed E-state index contributed by atoms with van der Waals surface area (Å²) >= 11 is 0. The third-order valence-electron chi connectivity index (χ3n) is 4.50. The summed E-state index contributed by atoms with van der Waals surface area (Å²) in [4.78, 5) is 14.3. The standard InChI is InChI=1S/C16H22N2O2/c1-2-13-7-9-17(10-8-13)11-12-18-14-5-3-4-6-15(14)20-16(18)19/h3-6,13H,2,7-12H2,1H3. The Kier molecular flexibility index (Phi) is 3.92. The number of oxazole rings is 1. The minimum absolute atomic E-state index is 0.241. The number of hydrogen-bond donors (Lipinski definition) is 0. The second kappa shape index (κ2) is 5.83. The molecule has 3 rings (SSSR count). The third-order valence-corrected chi connectivity index (χ3v) is 4.50. The van der Waals surface area contributed by atoms with Crippen LogP contribution < -0.4 is 5.76 Å². The van der Waals surface area contributed by atoms with Crippen LogP contribution in [0.4, 0.5) is 0 Å². The van der Waals surface area contributed by atoms with Crippen molar-refractivity contribution in [2.45, 2.75) is 32.7 Å². The number of benzene rings is 1. The maximum Gasteiger partial charge on any atom is 0.419 e. The zero-order chi connectivity index (χ0) is 13.9. The van der Waals surface area contributed by atoms with Crippen LogP contribution in [0.2, 0.25) is 0 Å². The fourth-order valence-electron chi connectivity index (χ4n) is 3.09. The van der Waals surface area contributed by atoms with E-state index < -0.39 is 0 Å². The maximum absolute atomic E-state index is 11.9. The lowest BCUT2D eigenvalue weighted by Gasteiger charge is -2.31. The number of likely N-dealkylation sites (tertiary alicyclic amines) is 1. The van der Waals surface area contributed by atoms with Crippen molar-refractivity contribution in [1.82, 2.24) is 9.47 Å². The molecule has 2 aromatic rings. The van der Waals surface area contributed by atoms with Crippen molar-refractivity contribution >= 4 is 11.1 Å². The number of fused-ring (bicyclic) bond motifs is 1.